The van der Waals surface area contributed by atoms with E-state index in [1.165, 1.54) is 38.4 Å². The molecule has 1 aliphatic rings. The maximum absolute atomic E-state index is 13.9. The molecule has 1 N–H and O–H groups in total. The Labute approximate surface area is 279 Å². The van der Waals surface area contributed by atoms with Gasteiger partial charge in [-0.05, 0) is 95.8 Å². The molecule has 1 aromatic heterocycles. The van der Waals surface area contributed by atoms with E-state index in [-0.39, 0.29) is 46.3 Å². The van der Waals surface area contributed by atoms with Gasteiger partial charge in [0.25, 0.3) is 0 Å². The van der Waals surface area contributed by atoms with Gasteiger partial charge in [-0.3, -0.25) is 0 Å². The summed E-state index contributed by atoms with van der Waals surface area (Å²) in [4.78, 5) is 21.3. The highest BCUT2D eigenvalue weighted by Crippen LogP contribution is 2.43. The highest BCUT2D eigenvalue weighted by atomic mass is 19.4. The molecule has 15 heteroatoms. The van der Waals surface area contributed by atoms with Crippen LogP contribution in [0.25, 0.3) is 22.3 Å². The molecule has 4 aromatic rings. The smallest absolute Gasteiger partial charge is 0.416 e. The van der Waals surface area contributed by atoms with Crippen molar-refractivity contribution in [3.8, 4) is 28.1 Å². The predicted octanol–water partition coefficient (Wildman–Crippen LogP) is 10.1. The Morgan fingerprint density at radius 1 is 0.820 bits per heavy atom. The Kier molecular flexibility index (Phi) is 9.41. The van der Waals surface area contributed by atoms with Crippen molar-refractivity contribution in [1.82, 2.24) is 4.98 Å². The number of halogens is 9. The number of carboxylic acids is 1. The zero-order chi connectivity index (χ0) is 36.9. The first-order chi connectivity index (χ1) is 23.2. The number of benzene rings is 3. The van der Waals surface area contributed by atoms with Crippen molar-refractivity contribution in [2.75, 3.05) is 7.11 Å². The van der Waals surface area contributed by atoms with E-state index in [2.05, 4.69) is 10.1 Å². The number of oxime groups is 1. The largest absolute Gasteiger partial charge is 0.481 e. The Balaban J connectivity index is 1.59. The molecule has 2 heterocycles. The summed E-state index contributed by atoms with van der Waals surface area (Å²) in [6.07, 6.45) is -15.3. The van der Waals surface area contributed by atoms with Crippen molar-refractivity contribution in [3.63, 3.8) is 0 Å². The summed E-state index contributed by atoms with van der Waals surface area (Å²) in [5.74, 6) is -2.05. The van der Waals surface area contributed by atoms with Crippen molar-refractivity contribution in [3.05, 3.63) is 105 Å². The van der Waals surface area contributed by atoms with Gasteiger partial charge < -0.3 is 14.7 Å². The van der Waals surface area contributed by atoms with Crippen LogP contribution in [0.3, 0.4) is 0 Å². The number of hydrogen-bond acceptors (Lipinski definition) is 5. The Bertz CT molecular complexity index is 1940. The van der Waals surface area contributed by atoms with E-state index in [9.17, 15) is 49.4 Å². The van der Waals surface area contributed by atoms with E-state index in [1.807, 2.05) is 0 Å². The highest BCUT2D eigenvalue weighted by molar-refractivity contribution is 5.93. The predicted molar refractivity (Wildman–Crippen MR) is 164 cm³/mol. The molecule has 6 nitrogen and oxygen atoms in total. The first-order valence-electron chi connectivity index (χ1n) is 14.8. The topological polar surface area (TPSA) is 81.0 Å². The maximum Gasteiger partial charge on any atom is 0.416 e. The van der Waals surface area contributed by atoms with Gasteiger partial charge in [-0.25, -0.2) is 9.78 Å². The lowest BCUT2D eigenvalue weighted by Gasteiger charge is -2.20. The van der Waals surface area contributed by atoms with Gasteiger partial charge in [-0.2, -0.15) is 39.5 Å². The monoisotopic (exact) mass is 710 g/mol. The molecule has 0 saturated heterocycles. The molecule has 5 rings (SSSR count). The number of rotatable bonds is 7. The number of nitrogens with zero attached hydrogens (tertiary/aromatic N) is 2. The zero-order valence-electron chi connectivity index (χ0n) is 26.6. The molecule has 1 aliphatic heterocycles. The quantitative estimate of drug-likeness (QED) is 0.193. The standard InChI is InChI=1S/C35H27F9N2O4/c1-16-7-21(32(47)48)8-17(2)29(16)22-12-27(31(49-4)45-15-22)26-6-5-23(33(36,37)38)9-19(26)13-28-18(3)30(50-46-28)20-10-24(34(39,40)41)14-25(11-20)35(42,43)44/h5-12,14-15,18,30H,13H2,1-4H3,(H,47,48)/t18-,30+/m1/s1. The van der Waals surface area contributed by atoms with Gasteiger partial charge in [-0.15, -0.1) is 0 Å². The summed E-state index contributed by atoms with van der Waals surface area (Å²) in [5.41, 5.74) is -1.62. The second-order valence-electron chi connectivity index (χ2n) is 11.9. The molecular weight excluding hydrogens is 683 g/mol. The fraction of sp³-hybridized carbons (Fsp3) is 0.286. The molecule has 2 atom stereocenters. The van der Waals surface area contributed by atoms with Crippen molar-refractivity contribution in [2.24, 2.45) is 11.1 Å². The molecule has 3 aromatic carbocycles. The fourth-order valence-corrected chi connectivity index (χ4v) is 6.02. The highest BCUT2D eigenvalue weighted by Gasteiger charge is 2.40. The minimum absolute atomic E-state index is 0.0150. The maximum atomic E-state index is 13.9. The van der Waals surface area contributed by atoms with Gasteiger partial charge >= 0.3 is 24.5 Å². The van der Waals surface area contributed by atoms with E-state index >= 15 is 0 Å². The lowest BCUT2D eigenvalue weighted by molar-refractivity contribution is -0.143. The van der Waals surface area contributed by atoms with E-state index in [1.54, 1.807) is 19.9 Å². The zero-order valence-corrected chi connectivity index (χ0v) is 26.6. The van der Waals surface area contributed by atoms with Gasteiger partial charge in [0.2, 0.25) is 5.88 Å². The molecule has 0 fully saturated rings. The van der Waals surface area contributed by atoms with E-state index in [4.69, 9.17) is 9.57 Å². The molecule has 0 radical (unpaired) electrons. The molecule has 0 aliphatic carbocycles. The lowest BCUT2D eigenvalue weighted by atomic mass is 9.86. The summed E-state index contributed by atoms with van der Waals surface area (Å²) in [5, 5.41) is 13.4. The number of aryl methyl sites for hydroxylation is 2. The van der Waals surface area contributed by atoms with Crippen LogP contribution in [-0.4, -0.2) is 28.9 Å². The molecule has 0 spiro atoms. The van der Waals surface area contributed by atoms with Crippen LogP contribution in [0.15, 0.2) is 65.9 Å². The van der Waals surface area contributed by atoms with Crippen molar-refractivity contribution >= 4 is 11.7 Å². The van der Waals surface area contributed by atoms with Crippen molar-refractivity contribution in [1.29, 1.82) is 0 Å². The van der Waals surface area contributed by atoms with E-state index < -0.39 is 58.8 Å². The summed E-state index contributed by atoms with van der Waals surface area (Å²) < 4.78 is 129. The average molecular weight is 711 g/mol. The average Bonchev–Trinajstić information content (AvgIpc) is 3.38. The number of alkyl halides is 9. The number of carboxylic acid groups (broad SMARTS) is 1. The van der Waals surface area contributed by atoms with Crippen LogP contribution in [-0.2, 0) is 29.8 Å². The molecule has 0 unspecified atom stereocenters. The van der Waals surface area contributed by atoms with E-state index in [0.717, 1.165) is 12.1 Å². The van der Waals surface area contributed by atoms with Crippen LogP contribution in [0.4, 0.5) is 39.5 Å². The van der Waals surface area contributed by atoms with Crippen LogP contribution in [0.1, 0.15) is 62.3 Å². The van der Waals surface area contributed by atoms with Crippen LogP contribution >= 0.6 is 0 Å². The van der Waals surface area contributed by atoms with Crippen LogP contribution in [0.5, 0.6) is 5.88 Å². The third-order valence-corrected chi connectivity index (χ3v) is 8.41. The molecular formula is C35H27F9N2O4. The van der Waals surface area contributed by atoms with Gasteiger partial charge in [0.1, 0.15) is 0 Å². The van der Waals surface area contributed by atoms with Crippen LogP contribution < -0.4 is 4.74 Å². The molecule has 0 saturated carbocycles. The van der Waals surface area contributed by atoms with Gasteiger partial charge in [0.15, 0.2) is 6.10 Å². The van der Waals surface area contributed by atoms with Crippen molar-refractivity contribution in [2.45, 2.75) is 51.8 Å². The normalized spacial score (nSPS) is 16.6. The van der Waals surface area contributed by atoms with Gasteiger partial charge in [-0.1, -0.05) is 18.1 Å². The minimum Gasteiger partial charge on any atom is -0.481 e. The summed E-state index contributed by atoms with van der Waals surface area (Å²) in [6.45, 7) is 4.83. The van der Waals surface area contributed by atoms with Crippen molar-refractivity contribution < 1.29 is 59.0 Å². The Morgan fingerprint density at radius 3 is 1.92 bits per heavy atom. The molecule has 50 heavy (non-hydrogen) atoms. The molecule has 0 amide bonds. The number of aromatic nitrogens is 1. The van der Waals surface area contributed by atoms with E-state index in [0.29, 0.717) is 34.4 Å². The van der Waals surface area contributed by atoms with Gasteiger partial charge in [0.05, 0.1) is 35.1 Å². The summed E-state index contributed by atoms with van der Waals surface area (Å²) >= 11 is 0. The molecule has 0 bridgehead atoms. The number of carbonyl (C=O) groups is 1. The number of aromatic carboxylic acids is 1. The van der Waals surface area contributed by atoms with Gasteiger partial charge in [0, 0.05) is 29.7 Å². The number of ether oxygens (including phenoxy) is 1. The second kappa shape index (κ2) is 13.0. The summed E-state index contributed by atoms with van der Waals surface area (Å²) in [6, 6.07) is 8.52. The number of methoxy groups -OCH3 is 1. The number of pyridine rings is 1. The third kappa shape index (κ3) is 7.26. The molecule has 264 valence electrons. The first-order valence-corrected chi connectivity index (χ1v) is 14.8. The van der Waals surface area contributed by atoms with Crippen LogP contribution in [0, 0.1) is 19.8 Å². The third-order valence-electron chi connectivity index (χ3n) is 8.41. The minimum atomic E-state index is -5.11. The number of hydrogen-bond donors (Lipinski definition) is 1. The fourth-order valence-electron chi connectivity index (χ4n) is 6.02. The Morgan fingerprint density at radius 2 is 1.40 bits per heavy atom. The Hall–Kier alpha value is -5.08. The lowest BCUT2D eigenvalue weighted by Crippen LogP contribution is -2.19. The second-order valence-corrected chi connectivity index (χ2v) is 11.9. The summed E-state index contributed by atoms with van der Waals surface area (Å²) in [7, 11) is 1.30. The van der Waals surface area contributed by atoms with Crippen LogP contribution in [0.2, 0.25) is 0 Å². The first kappa shape index (κ1) is 36.2. The SMILES string of the molecule is COc1ncc(-c2c(C)cc(C(=O)O)cc2C)cc1-c1ccc(C(F)(F)F)cc1CC1=NO[C@H](c2cc(C(F)(F)F)cc(C(F)(F)F)c2)[C@@H]1C.